The van der Waals surface area contributed by atoms with Crippen LogP contribution >= 0.6 is 11.6 Å². The smallest absolute Gasteiger partial charge is 0.306 e. The molecule has 1 aliphatic rings. The first-order valence-electron chi connectivity index (χ1n) is 6.07. The molecule has 2 rings (SSSR count). The van der Waals surface area contributed by atoms with E-state index in [-0.39, 0.29) is 28.7 Å². The first-order chi connectivity index (χ1) is 9.06. The highest BCUT2D eigenvalue weighted by molar-refractivity contribution is 6.29. The number of rotatable bonds is 3. The highest BCUT2D eigenvalue weighted by Crippen LogP contribution is 2.24. The number of nitrogens with zero attached hydrogens (tertiary/aromatic N) is 2. The predicted molar refractivity (Wildman–Crippen MR) is 67.9 cm³/mol. The summed E-state index contributed by atoms with van der Waals surface area (Å²) in [5, 5.41) is 11.9. The number of halogens is 1. The van der Waals surface area contributed by atoms with Gasteiger partial charge in [0.25, 0.3) is 5.91 Å². The van der Waals surface area contributed by atoms with Gasteiger partial charge in [0.2, 0.25) is 0 Å². The Hall–Kier alpha value is -1.69. The van der Waals surface area contributed by atoms with Crippen LogP contribution in [-0.4, -0.2) is 33.0 Å². The van der Waals surface area contributed by atoms with Crippen LogP contribution in [0.25, 0.3) is 0 Å². The van der Waals surface area contributed by atoms with Gasteiger partial charge in [0.1, 0.15) is 10.8 Å². The van der Waals surface area contributed by atoms with Gasteiger partial charge in [-0.15, -0.1) is 0 Å². The molecule has 0 spiro atoms. The molecule has 1 aromatic heterocycles. The number of hydrogen-bond acceptors (Lipinski definition) is 4. The van der Waals surface area contributed by atoms with Gasteiger partial charge in [0.05, 0.1) is 18.3 Å². The minimum Gasteiger partial charge on any atom is -0.481 e. The maximum Gasteiger partial charge on any atom is 0.306 e. The zero-order valence-electron chi connectivity index (χ0n) is 10.2. The van der Waals surface area contributed by atoms with Gasteiger partial charge in [-0.05, 0) is 19.3 Å². The van der Waals surface area contributed by atoms with E-state index in [9.17, 15) is 9.59 Å². The van der Waals surface area contributed by atoms with Crippen molar-refractivity contribution in [2.24, 2.45) is 5.92 Å². The normalized spacial score (nSPS) is 22.8. The van der Waals surface area contributed by atoms with E-state index in [4.69, 9.17) is 16.7 Å². The molecule has 1 aliphatic carbocycles. The number of carboxylic acid groups (broad SMARTS) is 1. The predicted octanol–water partition coefficient (Wildman–Crippen LogP) is 1.50. The van der Waals surface area contributed by atoms with E-state index in [0.717, 1.165) is 12.8 Å². The van der Waals surface area contributed by atoms with Gasteiger partial charge >= 0.3 is 5.97 Å². The summed E-state index contributed by atoms with van der Waals surface area (Å²) < 4.78 is 0. The molecular weight excluding hydrogens is 270 g/mol. The molecule has 0 radical (unpaired) electrons. The van der Waals surface area contributed by atoms with E-state index in [0.29, 0.717) is 12.8 Å². The van der Waals surface area contributed by atoms with Crippen molar-refractivity contribution < 1.29 is 14.7 Å². The number of nitrogens with one attached hydrogen (secondary N) is 1. The number of carbonyl (C=O) groups is 2. The molecule has 0 saturated heterocycles. The van der Waals surface area contributed by atoms with Crippen LogP contribution in [0, 0.1) is 5.92 Å². The lowest BCUT2D eigenvalue weighted by atomic mass is 9.86. The molecule has 0 aromatic carbocycles. The standard InChI is InChI=1S/C12H14ClN3O3/c13-10-6-14-5-9(16-10)11(17)15-8-3-1-2-7(4-8)12(18)19/h5-8H,1-4H2,(H,15,17)(H,18,19). The van der Waals surface area contributed by atoms with Gasteiger partial charge in [0, 0.05) is 6.04 Å². The molecule has 102 valence electrons. The monoisotopic (exact) mass is 283 g/mol. The second-order valence-corrected chi connectivity index (χ2v) is 4.99. The lowest BCUT2D eigenvalue weighted by molar-refractivity contribution is -0.143. The van der Waals surface area contributed by atoms with Crippen LogP contribution in [0.3, 0.4) is 0 Å². The summed E-state index contributed by atoms with van der Waals surface area (Å²) in [6.07, 6.45) is 5.37. The Bertz CT molecular complexity index is 495. The van der Waals surface area contributed by atoms with Crippen molar-refractivity contribution in [2.75, 3.05) is 0 Å². The molecule has 1 heterocycles. The third kappa shape index (κ3) is 3.64. The largest absolute Gasteiger partial charge is 0.481 e. The lowest BCUT2D eigenvalue weighted by Gasteiger charge is -2.27. The van der Waals surface area contributed by atoms with E-state index in [1.54, 1.807) is 0 Å². The van der Waals surface area contributed by atoms with Gasteiger partial charge in [-0.3, -0.25) is 14.6 Å². The van der Waals surface area contributed by atoms with E-state index in [2.05, 4.69) is 15.3 Å². The number of aromatic nitrogens is 2. The van der Waals surface area contributed by atoms with Crippen LogP contribution in [0.5, 0.6) is 0 Å². The SMILES string of the molecule is O=C(NC1CCCC(C(=O)O)C1)c1cncc(Cl)n1. The second kappa shape index (κ2) is 5.97. The first kappa shape index (κ1) is 13.7. The van der Waals surface area contributed by atoms with E-state index in [1.807, 2.05) is 0 Å². The molecular formula is C12H14ClN3O3. The molecule has 1 amide bonds. The molecule has 1 saturated carbocycles. The van der Waals surface area contributed by atoms with Gasteiger partial charge in [0.15, 0.2) is 0 Å². The van der Waals surface area contributed by atoms with Gasteiger partial charge < -0.3 is 10.4 Å². The Balaban J connectivity index is 1.97. The summed E-state index contributed by atoms with van der Waals surface area (Å²) in [5.74, 6) is -1.56. The van der Waals surface area contributed by atoms with Crippen molar-refractivity contribution >= 4 is 23.5 Å². The maximum atomic E-state index is 11.9. The van der Waals surface area contributed by atoms with Crippen LogP contribution in [0.1, 0.15) is 36.2 Å². The second-order valence-electron chi connectivity index (χ2n) is 4.60. The summed E-state index contributed by atoms with van der Waals surface area (Å²) in [6, 6.07) is -0.136. The number of carbonyl (C=O) groups excluding carboxylic acids is 1. The molecule has 19 heavy (non-hydrogen) atoms. The highest BCUT2D eigenvalue weighted by Gasteiger charge is 2.28. The van der Waals surface area contributed by atoms with Gasteiger partial charge in [-0.25, -0.2) is 4.98 Å². The molecule has 0 aliphatic heterocycles. The van der Waals surface area contributed by atoms with Crippen LogP contribution in [-0.2, 0) is 4.79 Å². The Morgan fingerprint density at radius 3 is 2.84 bits per heavy atom. The van der Waals surface area contributed by atoms with Crippen LogP contribution in [0.4, 0.5) is 0 Å². The van der Waals surface area contributed by atoms with E-state index >= 15 is 0 Å². The minimum atomic E-state index is -0.804. The van der Waals surface area contributed by atoms with Crippen LogP contribution < -0.4 is 5.32 Å². The Kier molecular flexibility index (Phi) is 4.31. The Morgan fingerprint density at radius 2 is 2.16 bits per heavy atom. The number of amides is 1. The van der Waals surface area contributed by atoms with Crippen molar-refractivity contribution in [2.45, 2.75) is 31.7 Å². The molecule has 2 unspecified atom stereocenters. The van der Waals surface area contributed by atoms with Gasteiger partial charge in [-0.1, -0.05) is 18.0 Å². The number of hydrogen-bond donors (Lipinski definition) is 2. The average Bonchev–Trinajstić information content (AvgIpc) is 2.39. The summed E-state index contributed by atoms with van der Waals surface area (Å²) in [5.41, 5.74) is 0.143. The Morgan fingerprint density at radius 1 is 1.37 bits per heavy atom. The number of carboxylic acids is 1. The zero-order chi connectivity index (χ0) is 13.8. The zero-order valence-corrected chi connectivity index (χ0v) is 10.9. The van der Waals surface area contributed by atoms with Crippen LogP contribution in [0.15, 0.2) is 12.4 Å². The first-order valence-corrected chi connectivity index (χ1v) is 6.45. The number of aliphatic carboxylic acids is 1. The topological polar surface area (TPSA) is 92.2 Å². The third-order valence-corrected chi connectivity index (χ3v) is 3.38. The van der Waals surface area contributed by atoms with Crippen molar-refractivity contribution in [3.8, 4) is 0 Å². The van der Waals surface area contributed by atoms with Crippen molar-refractivity contribution in [3.05, 3.63) is 23.2 Å². The average molecular weight is 284 g/mol. The highest BCUT2D eigenvalue weighted by atomic mass is 35.5. The summed E-state index contributed by atoms with van der Waals surface area (Å²) in [4.78, 5) is 30.5. The summed E-state index contributed by atoms with van der Waals surface area (Å²) >= 11 is 5.67. The molecule has 6 nitrogen and oxygen atoms in total. The Labute approximate surface area is 115 Å². The van der Waals surface area contributed by atoms with Crippen molar-refractivity contribution in [3.63, 3.8) is 0 Å². The molecule has 1 aromatic rings. The fraction of sp³-hybridized carbons (Fsp3) is 0.500. The van der Waals surface area contributed by atoms with Crippen molar-refractivity contribution in [1.29, 1.82) is 0 Å². The molecule has 7 heteroatoms. The molecule has 2 N–H and O–H groups in total. The quantitative estimate of drug-likeness (QED) is 0.877. The molecule has 0 bridgehead atoms. The van der Waals surface area contributed by atoms with Crippen LogP contribution in [0.2, 0.25) is 5.15 Å². The van der Waals surface area contributed by atoms with Crippen molar-refractivity contribution in [1.82, 2.24) is 15.3 Å². The van der Waals surface area contributed by atoms with Gasteiger partial charge in [-0.2, -0.15) is 0 Å². The molecule has 1 fully saturated rings. The third-order valence-electron chi connectivity index (χ3n) is 3.20. The fourth-order valence-corrected chi connectivity index (χ4v) is 2.40. The van der Waals surface area contributed by atoms with E-state index in [1.165, 1.54) is 12.4 Å². The maximum absolute atomic E-state index is 11.9. The summed E-state index contributed by atoms with van der Waals surface area (Å²) in [7, 11) is 0. The fourth-order valence-electron chi connectivity index (χ4n) is 2.26. The molecule has 2 atom stereocenters. The lowest BCUT2D eigenvalue weighted by Crippen LogP contribution is -2.40. The van der Waals surface area contributed by atoms with E-state index < -0.39 is 5.97 Å². The summed E-state index contributed by atoms with van der Waals surface area (Å²) in [6.45, 7) is 0. The minimum absolute atomic E-state index is 0.136.